The Kier molecular flexibility index (Phi) is 5.25. The number of hydrogen-bond acceptors (Lipinski definition) is 7. The molecule has 4 rings (SSSR count). The van der Waals surface area contributed by atoms with E-state index >= 15 is 0 Å². The van der Waals surface area contributed by atoms with E-state index in [-0.39, 0.29) is 12.1 Å². The van der Waals surface area contributed by atoms with Gasteiger partial charge in [0.25, 0.3) is 0 Å². The van der Waals surface area contributed by atoms with Crippen LogP contribution in [0.4, 0.5) is 5.95 Å². The molecule has 0 aliphatic carbocycles. The van der Waals surface area contributed by atoms with Crippen molar-refractivity contribution in [1.29, 1.82) is 0 Å². The van der Waals surface area contributed by atoms with Gasteiger partial charge in [0.2, 0.25) is 5.95 Å². The van der Waals surface area contributed by atoms with Crippen molar-refractivity contribution >= 4 is 28.5 Å². The Bertz CT molecular complexity index is 976. The molecule has 2 aromatic carbocycles. The van der Waals surface area contributed by atoms with Gasteiger partial charge in [0.05, 0.1) is 33.4 Å². The van der Waals surface area contributed by atoms with E-state index in [2.05, 4.69) is 67.7 Å². The van der Waals surface area contributed by atoms with Gasteiger partial charge in [0.1, 0.15) is 5.75 Å². The number of nitrogens with one attached hydrogen (secondary N) is 1. The molecule has 0 saturated heterocycles. The Balaban J connectivity index is 1.79. The molecule has 2 atom stereocenters. The lowest BCUT2D eigenvalue weighted by Crippen LogP contribution is -2.28. The minimum Gasteiger partial charge on any atom is -0.496 e. The lowest BCUT2D eigenvalue weighted by Gasteiger charge is -2.32. The highest BCUT2D eigenvalue weighted by atomic mass is 127. The first kappa shape index (κ1) is 18.8. The number of fused-ring (bicyclic) bond motifs is 1. The molecule has 0 fully saturated rings. The van der Waals surface area contributed by atoms with Gasteiger partial charge in [0.15, 0.2) is 11.5 Å². The number of tetrazole rings is 1. The topological polar surface area (TPSA) is 83.3 Å². The van der Waals surface area contributed by atoms with E-state index in [1.54, 1.807) is 26.0 Å². The fourth-order valence-corrected chi connectivity index (χ4v) is 3.88. The van der Waals surface area contributed by atoms with E-state index in [0.29, 0.717) is 23.2 Å². The Hall–Kier alpha value is -2.56. The highest BCUT2D eigenvalue weighted by Gasteiger charge is 2.33. The lowest BCUT2D eigenvalue weighted by atomic mass is 9.92. The Labute approximate surface area is 176 Å². The van der Waals surface area contributed by atoms with Crippen LogP contribution in [0.5, 0.6) is 17.2 Å². The zero-order chi connectivity index (χ0) is 19.7. The highest BCUT2D eigenvalue weighted by Crippen LogP contribution is 2.44. The molecular formula is C19H20IN5O3. The summed E-state index contributed by atoms with van der Waals surface area (Å²) in [5.41, 5.74) is 2.12. The zero-order valence-electron chi connectivity index (χ0n) is 15.7. The largest absolute Gasteiger partial charge is 0.496 e. The second-order valence-electron chi connectivity index (χ2n) is 6.40. The van der Waals surface area contributed by atoms with Crippen LogP contribution in [0.2, 0.25) is 0 Å². The van der Waals surface area contributed by atoms with Crippen molar-refractivity contribution in [3.63, 3.8) is 0 Å². The van der Waals surface area contributed by atoms with Crippen LogP contribution in [0.3, 0.4) is 0 Å². The van der Waals surface area contributed by atoms with Crippen molar-refractivity contribution in [2.45, 2.75) is 18.5 Å². The van der Waals surface area contributed by atoms with Crippen LogP contribution in [0.1, 0.15) is 29.6 Å². The van der Waals surface area contributed by atoms with Crippen LogP contribution in [0.25, 0.3) is 0 Å². The summed E-state index contributed by atoms with van der Waals surface area (Å²) in [6.07, 6.45) is 0.754. The van der Waals surface area contributed by atoms with Crippen molar-refractivity contribution in [2.24, 2.45) is 0 Å². The van der Waals surface area contributed by atoms with Crippen molar-refractivity contribution in [2.75, 3.05) is 26.6 Å². The Morgan fingerprint density at radius 1 is 1.00 bits per heavy atom. The second kappa shape index (κ2) is 7.82. The van der Waals surface area contributed by atoms with Gasteiger partial charge in [-0.3, -0.25) is 0 Å². The molecule has 9 heteroatoms. The number of hydrogen-bond donors (Lipinski definition) is 1. The average molecular weight is 493 g/mol. The van der Waals surface area contributed by atoms with E-state index in [1.165, 1.54) is 9.13 Å². The summed E-state index contributed by atoms with van der Waals surface area (Å²) in [6.45, 7) is 0. The molecule has 0 radical (unpaired) electrons. The molecule has 1 aromatic heterocycles. The maximum Gasteiger partial charge on any atom is 0.243 e. The summed E-state index contributed by atoms with van der Waals surface area (Å²) < 4.78 is 19.5. The molecule has 1 aliphatic heterocycles. The van der Waals surface area contributed by atoms with Gasteiger partial charge < -0.3 is 19.5 Å². The van der Waals surface area contributed by atoms with Crippen LogP contribution in [-0.2, 0) is 0 Å². The van der Waals surface area contributed by atoms with E-state index in [4.69, 9.17) is 14.2 Å². The summed E-state index contributed by atoms with van der Waals surface area (Å²) in [5.74, 6) is 2.57. The Morgan fingerprint density at radius 2 is 1.68 bits per heavy atom. The molecule has 0 spiro atoms. The number of anilines is 1. The number of benzene rings is 2. The molecular weight excluding hydrogens is 473 g/mol. The van der Waals surface area contributed by atoms with E-state index in [0.717, 1.165) is 12.0 Å². The third-order valence-corrected chi connectivity index (χ3v) is 5.64. The number of halogens is 1. The van der Waals surface area contributed by atoms with Gasteiger partial charge in [-0.25, -0.2) is 4.68 Å². The predicted molar refractivity (Wildman–Crippen MR) is 112 cm³/mol. The van der Waals surface area contributed by atoms with Gasteiger partial charge in [-0.15, -0.1) is 0 Å². The van der Waals surface area contributed by atoms with E-state index in [1.807, 2.05) is 12.1 Å². The van der Waals surface area contributed by atoms with Gasteiger partial charge in [0, 0.05) is 15.2 Å². The van der Waals surface area contributed by atoms with E-state index < -0.39 is 0 Å². The first-order chi connectivity index (χ1) is 13.6. The summed E-state index contributed by atoms with van der Waals surface area (Å²) in [7, 11) is 4.87. The molecule has 3 aromatic rings. The molecule has 0 amide bonds. The minimum absolute atomic E-state index is 0.0679. The summed E-state index contributed by atoms with van der Waals surface area (Å²) in [4.78, 5) is 0. The van der Waals surface area contributed by atoms with Gasteiger partial charge in [-0.1, -0.05) is 17.2 Å². The number of rotatable bonds is 5. The Morgan fingerprint density at radius 3 is 2.36 bits per heavy atom. The number of ether oxygens (including phenoxy) is 3. The van der Waals surface area contributed by atoms with Gasteiger partial charge in [-0.2, -0.15) is 0 Å². The molecule has 2 heterocycles. The molecule has 28 heavy (non-hydrogen) atoms. The smallest absolute Gasteiger partial charge is 0.243 e. The first-order valence-electron chi connectivity index (χ1n) is 8.74. The summed E-state index contributed by atoms with van der Waals surface area (Å²) in [5, 5.41) is 15.6. The monoisotopic (exact) mass is 493 g/mol. The maximum absolute atomic E-state index is 5.65. The van der Waals surface area contributed by atoms with Crippen LogP contribution in [-0.4, -0.2) is 41.5 Å². The molecule has 8 nitrogen and oxygen atoms in total. The number of methoxy groups -OCH3 is 3. The standard InChI is InChI=1S/C19H20IN5O3/c1-26-16-10-18(28-3)17(27-2)8-13(16)15-9-14(11-4-6-12(20)7-5-11)21-19-22-23-24-25(15)19/h4-8,10,14-15H,9H2,1-3H3,(H,21,22,24). The first-order valence-corrected chi connectivity index (χ1v) is 9.82. The fraction of sp³-hybridized carbons (Fsp3) is 0.316. The van der Waals surface area contributed by atoms with Gasteiger partial charge >= 0.3 is 0 Å². The van der Waals surface area contributed by atoms with Crippen molar-refractivity contribution in [3.05, 3.63) is 51.1 Å². The van der Waals surface area contributed by atoms with Crippen LogP contribution in [0.15, 0.2) is 36.4 Å². The molecule has 2 unspecified atom stereocenters. The third kappa shape index (κ3) is 3.34. The SMILES string of the molecule is COc1cc(OC)c(C2CC(c3ccc(I)cc3)Nc3nnnn32)cc1OC. The zero-order valence-corrected chi connectivity index (χ0v) is 17.9. The predicted octanol–water partition coefficient (Wildman–Crippen LogP) is 3.45. The average Bonchev–Trinajstić information content (AvgIpc) is 3.21. The lowest BCUT2D eigenvalue weighted by molar-refractivity contribution is 0.340. The summed E-state index contributed by atoms with van der Waals surface area (Å²) in [6, 6.07) is 12.2. The fourth-order valence-electron chi connectivity index (χ4n) is 3.52. The van der Waals surface area contributed by atoms with Crippen molar-refractivity contribution in [1.82, 2.24) is 20.2 Å². The normalized spacial score (nSPS) is 18.1. The number of nitrogens with zero attached hydrogens (tertiary/aromatic N) is 4. The second-order valence-corrected chi connectivity index (χ2v) is 7.64. The molecule has 1 aliphatic rings. The minimum atomic E-state index is -0.120. The van der Waals surface area contributed by atoms with Crippen molar-refractivity contribution < 1.29 is 14.2 Å². The molecule has 0 bridgehead atoms. The molecule has 0 saturated carbocycles. The molecule has 1 N–H and O–H groups in total. The maximum atomic E-state index is 5.65. The molecule has 146 valence electrons. The van der Waals surface area contributed by atoms with E-state index in [9.17, 15) is 0 Å². The third-order valence-electron chi connectivity index (χ3n) is 4.92. The quantitative estimate of drug-likeness (QED) is 0.546. The summed E-state index contributed by atoms with van der Waals surface area (Å²) >= 11 is 2.30. The number of aromatic nitrogens is 4. The van der Waals surface area contributed by atoms with Crippen LogP contribution >= 0.6 is 22.6 Å². The van der Waals surface area contributed by atoms with Crippen LogP contribution in [0, 0.1) is 3.57 Å². The van der Waals surface area contributed by atoms with Gasteiger partial charge in [-0.05, 0) is 63.2 Å². The van der Waals surface area contributed by atoms with Crippen molar-refractivity contribution in [3.8, 4) is 17.2 Å². The highest BCUT2D eigenvalue weighted by molar-refractivity contribution is 14.1. The van der Waals surface area contributed by atoms with Crippen LogP contribution < -0.4 is 19.5 Å².